The van der Waals surface area contributed by atoms with Gasteiger partial charge in [0, 0.05) is 18.8 Å². The van der Waals surface area contributed by atoms with Crippen LogP contribution in [0, 0.1) is 11.8 Å². The number of nitrogens with one attached hydrogen (secondary N) is 1. The summed E-state index contributed by atoms with van der Waals surface area (Å²) in [7, 11) is 0. The molecule has 2 heterocycles. The van der Waals surface area contributed by atoms with E-state index in [1.54, 1.807) is 6.20 Å². The van der Waals surface area contributed by atoms with Crippen molar-refractivity contribution in [2.24, 2.45) is 11.8 Å². The second kappa shape index (κ2) is 6.55. The standard InChI is InChI=1S/C16H24N2O2/c19-5-1-2-13-8-14(13)6-12-7-16(10-17-9-12)20-11-15-3-4-18-15/h7,9-10,13-15,18-19H,1-6,8,11H2/t13-,14+,15+/m1/s1. The number of pyridine rings is 1. The first-order valence-electron chi connectivity index (χ1n) is 7.76. The first-order valence-corrected chi connectivity index (χ1v) is 7.76. The molecule has 1 aliphatic heterocycles. The Kier molecular flexibility index (Phi) is 4.53. The van der Waals surface area contributed by atoms with Crippen molar-refractivity contribution in [1.29, 1.82) is 0 Å². The molecule has 0 spiro atoms. The van der Waals surface area contributed by atoms with Crippen molar-refractivity contribution in [1.82, 2.24) is 10.3 Å². The van der Waals surface area contributed by atoms with Gasteiger partial charge in [0.05, 0.1) is 6.20 Å². The topological polar surface area (TPSA) is 54.4 Å². The highest BCUT2D eigenvalue weighted by Gasteiger charge is 2.35. The van der Waals surface area contributed by atoms with E-state index >= 15 is 0 Å². The molecule has 20 heavy (non-hydrogen) atoms. The zero-order valence-electron chi connectivity index (χ0n) is 11.9. The minimum Gasteiger partial charge on any atom is -0.490 e. The van der Waals surface area contributed by atoms with E-state index in [9.17, 15) is 0 Å². The van der Waals surface area contributed by atoms with Crippen LogP contribution in [0.5, 0.6) is 5.75 Å². The minimum absolute atomic E-state index is 0.323. The molecule has 0 radical (unpaired) electrons. The lowest BCUT2D eigenvalue weighted by Crippen LogP contribution is -2.46. The molecule has 1 aromatic heterocycles. The molecule has 2 N–H and O–H groups in total. The Morgan fingerprint density at radius 2 is 2.25 bits per heavy atom. The fourth-order valence-corrected chi connectivity index (χ4v) is 2.91. The van der Waals surface area contributed by atoms with Gasteiger partial charge in [-0.1, -0.05) is 0 Å². The first kappa shape index (κ1) is 13.8. The first-order chi connectivity index (χ1) is 9.85. The van der Waals surface area contributed by atoms with Gasteiger partial charge in [-0.2, -0.15) is 0 Å². The van der Waals surface area contributed by atoms with Crippen molar-refractivity contribution < 1.29 is 9.84 Å². The highest BCUT2D eigenvalue weighted by molar-refractivity contribution is 5.24. The lowest BCUT2D eigenvalue weighted by molar-refractivity contribution is 0.216. The third kappa shape index (κ3) is 3.70. The molecular formula is C16H24N2O2. The number of aliphatic hydroxyl groups is 1. The van der Waals surface area contributed by atoms with Crippen LogP contribution in [0.1, 0.15) is 31.2 Å². The molecule has 1 aromatic rings. The molecule has 4 heteroatoms. The molecule has 1 aliphatic carbocycles. The second-order valence-corrected chi connectivity index (χ2v) is 6.11. The molecule has 1 saturated heterocycles. The molecule has 0 bridgehead atoms. The SMILES string of the molecule is OCCC[C@@H]1C[C@@H]1Cc1cncc(OC[C@@H]2CCN2)c1. The fourth-order valence-electron chi connectivity index (χ4n) is 2.91. The molecule has 0 unspecified atom stereocenters. The Morgan fingerprint density at radius 3 is 3.00 bits per heavy atom. The van der Waals surface area contributed by atoms with Crippen LogP contribution in [-0.4, -0.2) is 35.9 Å². The van der Waals surface area contributed by atoms with E-state index in [1.807, 2.05) is 6.20 Å². The quantitative estimate of drug-likeness (QED) is 0.760. The van der Waals surface area contributed by atoms with Gasteiger partial charge in [0.1, 0.15) is 12.4 Å². The van der Waals surface area contributed by atoms with Crippen molar-refractivity contribution >= 4 is 0 Å². The fraction of sp³-hybridized carbons (Fsp3) is 0.688. The monoisotopic (exact) mass is 276 g/mol. The summed E-state index contributed by atoms with van der Waals surface area (Å²) in [5, 5.41) is 12.2. The van der Waals surface area contributed by atoms with Crippen molar-refractivity contribution in [3.63, 3.8) is 0 Å². The Balaban J connectivity index is 1.45. The zero-order valence-corrected chi connectivity index (χ0v) is 11.9. The van der Waals surface area contributed by atoms with Gasteiger partial charge in [-0.3, -0.25) is 4.98 Å². The summed E-state index contributed by atoms with van der Waals surface area (Å²) < 4.78 is 5.79. The van der Waals surface area contributed by atoms with Crippen molar-refractivity contribution in [2.75, 3.05) is 19.8 Å². The van der Waals surface area contributed by atoms with Crippen LogP contribution in [0.25, 0.3) is 0 Å². The van der Waals surface area contributed by atoms with Gasteiger partial charge >= 0.3 is 0 Å². The summed E-state index contributed by atoms with van der Waals surface area (Å²) in [6.07, 6.45) is 9.48. The number of rotatable bonds is 8. The number of ether oxygens (including phenoxy) is 1. The van der Waals surface area contributed by atoms with Crippen molar-refractivity contribution in [3.8, 4) is 5.75 Å². The van der Waals surface area contributed by atoms with Gasteiger partial charge in [-0.15, -0.1) is 0 Å². The molecule has 2 fully saturated rings. The number of nitrogens with zero attached hydrogens (tertiary/aromatic N) is 1. The minimum atomic E-state index is 0.323. The normalized spacial score (nSPS) is 27.9. The Morgan fingerprint density at radius 1 is 1.35 bits per heavy atom. The van der Waals surface area contributed by atoms with Crippen LogP contribution in [0.15, 0.2) is 18.5 Å². The second-order valence-electron chi connectivity index (χ2n) is 6.11. The highest BCUT2D eigenvalue weighted by Crippen LogP contribution is 2.44. The van der Waals surface area contributed by atoms with Crippen LogP contribution in [0.4, 0.5) is 0 Å². The van der Waals surface area contributed by atoms with E-state index < -0.39 is 0 Å². The van der Waals surface area contributed by atoms with E-state index in [0.717, 1.165) is 50.0 Å². The summed E-state index contributed by atoms with van der Waals surface area (Å²) in [6.45, 7) is 2.18. The van der Waals surface area contributed by atoms with Crippen LogP contribution in [-0.2, 0) is 6.42 Å². The Bertz CT molecular complexity index is 434. The Hall–Kier alpha value is -1.13. The number of hydrogen-bond acceptors (Lipinski definition) is 4. The summed E-state index contributed by atoms with van der Waals surface area (Å²) in [5.74, 6) is 2.49. The maximum atomic E-state index is 8.85. The summed E-state index contributed by atoms with van der Waals surface area (Å²) in [6, 6.07) is 2.65. The molecular weight excluding hydrogens is 252 g/mol. The van der Waals surface area contributed by atoms with Crippen LogP contribution < -0.4 is 10.1 Å². The van der Waals surface area contributed by atoms with Gasteiger partial charge < -0.3 is 15.2 Å². The van der Waals surface area contributed by atoms with E-state index in [-0.39, 0.29) is 0 Å². The molecule has 0 aromatic carbocycles. The predicted octanol–water partition coefficient (Wildman–Crippen LogP) is 1.77. The number of hydrogen-bond donors (Lipinski definition) is 2. The molecule has 1 saturated carbocycles. The average molecular weight is 276 g/mol. The number of aromatic nitrogens is 1. The third-order valence-corrected chi connectivity index (χ3v) is 4.45. The molecule has 110 valence electrons. The number of aliphatic hydroxyl groups excluding tert-OH is 1. The van der Waals surface area contributed by atoms with E-state index in [0.29, 0.717) is 12.6 Å². The van der Waals surface area contributed by atoms with Gasteiger partial charge in [-0.05, 0) is 62.1 Å². The average Bonchev–Trinajstić information content (AvgIpc) is 3.13. The molecule has 2 aliphatic rings. The molecule has 3 atom stereocenters. The lowest BCUT2D eigenvalue weighted by atomic mass is 10.1. The molecule has 0 amide bonds. The van der Waals surface area contributed by atoms with E-state index in [1.165, 1.54) is 18.4 Å². The maximum absolute atomic E-state index is 8.85. The van der Waals surface area contributed by atoms with Gasteiger partial charge in [-0.25, -0.2) is 0 Å². The van der Waals surface area contributed by atoms with Crippen LogP contribution in [0.3, 0.4) is 0 Å². The summed E-state index contributed by atoms with van der Waals surface area (Å²) in [5.41, 5.74) is 1.28. The molecule has 3 rings (SSSR count). The third-order valence-electron chi connectivity index (χ3n) is 4.45. The van der Waals surface area contributed by atoms with Crippen molar-refractivity contribution in [3.05, 3.63) is 24.0 Å². The van der Waals surface area contributed by atoms with Gasteiger partial charge in [0.25, 0.3) is 0 Å². The summed E-state index contributed by atoms with van der Waals surface area (Å²) in [4.78, 5) is 4.29. The van der Waals surface area contributed by atoms with Gasteiger partial charge in [0.15, 0.2) is 0 Å². The largest absolute Gasteiger partial charge is 0.490 e. The van der Waals surface area contributed by atoms with Crippen molar-refractivity contribution in [2.45, 2.75) is 38.1 Å². The van der Waals surface area contributed by atoms with E-state index in [4.69, 9.17) is 9.84 Å². The highest BCUT2D eigenvalue weighted by atomic mass is 16.5. The summed E-state index contributed by atoms with van der Waals surface area (Å²) >= 11 is 0. The van der Waals surface area contributed by atoms with Gasteiger partial charge in [0.2, 0.25) is 0 Å². The van der Waals surface area contributed by atoms with Crippen LogP contribution >= 0.6 is 0 Å². The smallest absolute Gasteiger partial charge is 0.137 e. The van der Waals surface area contributed by atoms with E-state index in [2.05, 4.69) is 16.4 Å². The molecule has 4 nitrogen and oxygen atoms in total. The maximum Gasteiger partial charge on any atom is 0.137 e. The van der Waals surface area contributed by atoms with Crippen LogP contribution in [0.2, 0.25) is 0 Å². The Labute approximate surface area is 120 Å². The predicted molar refractivity (Wildman–Crippen MR) is 77.8 cm³/mol. The zero-order chi connectivity index (χ0) is 13.8. The lowest BCUT2D eigenvalue weighted by Gasteiger charge is -2.27.